The van der Waals surface area contributed by atoms with Gasteiger partial charge < -0.3 is 26.0 Å². The lowest BCUT2D eigenvalue weighted by atomic mass is 9.77. The summed E-state index contributed by atoms with van der Waals surface area (Å²) in [5.41, 5.74) is 6.65. The molecule has 0 bridgehead atoms. The molecule has 4 N–H and O–H groups in total. The number of carbonyl (C=O) groups excluding carboxylic acids is 3. The largest absolute Gasteiger partial charge is 0.463 e. The van der Waals surface area contributed by atoms with Gasteiger partial charge in [0.15, 0.2) is 5.01 Å². The molecule has 3 atom stereocenters. The fourth-order valence-electron chi connectivity index (χ4n) is 4.11. The van der Waals surface area contributed by atoms with Crippen molar-refractivity contribution in [3.05, 3.63) is 15.6 Å². The molecule has 11 heteroatoms. The summed E-state index contributed by atoms with van der Waals surface area (Å²) < 4.78 is 4.58. The SMILES string of the molecule is CNC(=O)[C@H]1CC[C@H](CN=C(N)C(=O)OC)[C@H](NC(=O)c2nc3c(s2)CN(C)CC3)C1. The Labute approximate surface area is 185 Å². The maximum atomic E-state index is 13.0. The zero-order valence-electron chi connectivity index (χ0n) is 18.1. The minimum absolute atomic E-state index is 0.0389. The third-order valence-corrected chi connectivity index (χ3v) is 7.02. The topological polar surface area (TPSA) is 139 Å². The number of aliphatic imine (C=N–C) groups is 1. The summed E-state index contributed by atoms with van der Waals surface area (Å²) in [6, 6.07) is -0.277. The molecule has 1 aliphatic heterocycles. The summed E-state index contributed by atoms with van der Waals surface area (Å²) in [4.78, 5) is 48.7. The molecule has 0 spiro atoms. The van der Waals surface area contributed by atoms with E-state index in [9.17, 15) is 14.4 Å². The van der Waals surface area contributed by atoms with Crippen LogP contribution in [0, 0.1) is 11.8 Å². The van der Waals surface area contributed by atoms with E-state index in [4.69, 9.17) is 5.73 Å². The smallest absolute Gasteiger partial charge is 0.373 e. The maximum Gasteiger partial charge on any atom is 0.373 e. The number of amides is 2. The number of nitrogens with one attached hydrogen (secondary N) is 2. The Morgan fingerprint density at radius 1 is 1.35 bits per heavy atom. The van der Waals surface area contributed by atoms with Crippen molar-refractivity contribution >= 4 is 35.0 Å². The lowest BCUT2D eigenvalue weighted by Crippen LogP contribution is -2.47. The van der Waals surface area contributed by atoms with Crippen molar-refractivity contribution in [1.82, 2.24) is 20.5 Å². The van der Waals surface area contributed by atoms with Crippen molar-refractivity contribution in [2.24, 2.45) is 22.6 Å². The molecule has 31 heavy (non-hydrogen) atoms. The van der Waals surface area contributed by atoms with Crippen LogP contribution in [0.3, 0.4) is 0 Å². The van der Waals surface area contributed by atoms with E-state index in [2.05, 4.69) is 37.3 Å². The molecule has 1 fully saturated rings. The Morgan fingerprint density at radius 3 is 2.84 bits per heavy atom. The number of esters is 1. The molecule has 3 rings (SSSR count). The van der Waals surface area contributed by atoms with Crippen LogP contribution < -0.4 is 16.4 Å². The van der Waals surface area contributed by atoms with E-state index in [1.54, 1.807) is 7.05 Å². The van der Waals surface area contributed by atoms with Crippen molar-refractivity contribution in [2.75, 3.05) is 34.3 Å². The molecule has 2 amide bonds. The minimum Gasteiger partial charge on any atom is -0.463 e. The summed E-state index contributed by atoms with van der Waals surface area (Å²) in [7, 11) is 4.91. The Bertz CT molecular complexity index is 870. The van der Waals surface area contributed by atoms with Crippen LogP contribution in [0.2, 0.25) is 0 Å². The van der Waals surface area contributed by atoms with Crippen LogP contribution in [0.15, 0.2) is 4.99 Å². The highest BCUT2D eigenvalue weighted by Crippen LogP contribution is 2.31. The normalized spacial score (nSPS) is 24.2. The van der Waals surface area contributed by atoms with Crippen LogP contribution >= 0.6 is 11.3 Å². The van der Waals surface area contributed by atoms with Gasteiger partial charge in [-0.3, -0.25) is 14.6 Å². The maximum absolute atomic E-state index is 13.0. The van der Waals surface area contributed by atoms with Gasteiger partial charge >= 0.3 is 5.97 Å². The van der Waals surface area contributed by atoms with E-state index in [-0.39, 0.29) is 42.1 Å². The molecule has 0 unspecified atom stereocenters. The number of rotatable bonds is 5. The second-order valence-electron chi connectivity index (χ2n) is 8.06. The molecule has 1 aliphatic carbocycles. The number of methoxy groups -OCH3 is 1. The minimum atomic E-state index is -0.682. The number of aromatic nitrogens is 1. The summed E-state index contributed by atoms with van der Waals surface area (Å²) in [5, 5.41) is 6.20. The van der Waals surface area contributed by atoms with Gasteiger partial charge in [-0.25, -0.2) is 9.78 Å². The molecule has 1 saturated carbocycles. The molecule has 0 radical (unpaired) electrons. The molecule has 10 nitrogen and oxygen atoms in total. The number of thiazole rings is 1. The number of hydrogen-bond acceptors (Lipinski definition) is 8. The molecular formula is C20H30N6O4S. The number of likely N-dealkylation sites (N-methyl/N-ethyl adjacent to an activating group) is 1. The lowest BCUT2D eigenvalue weighted by molar-refractivity contribution is -0.132. The Hall–Kier alpha value is -2.53. The predicted molar refractivity (Wildman–Crippen MR) is 117 cm³/mol. The van der Waals surface area contributed by atoms with Gasteiger partial charge in [-0.05, 0) is 32.2 Å². The van der Waals surface area contributed by atoms with Crippen molar-refractivity contribution in [3.63, 3.8) is 0 Å². The molecule has 170 valence electrons. The van der Waals surface area contributed by atoms with Crippen LogP contribution in [0.1, 0.15) is 39.6 Å². The number of fused-ring (bicyclic) bond motifs is 1. The van der Waals surface area contributed by atoms with Gasteiger partial charge in [-0.1, -0.05) is 0 Å². The molecule has 2 aliphatic rings. The first-order valence-electron chi connectivity index (χ1n) is 10.4. The van der Waals surface area contributed by atoms with Crippen LogP contribution in [0.4, 0.5) is 0 Å². The number of nitrogens with two attached hydrogens (primary N) is 1. The highest BCUT2D eigenvalue weighted by molar-refractivity contribution is 7.13. The Kier molecular flexibility index (Phi) is 7.60. The van der Waals surface area contributed by atoms with Crippen molar-refractivity contribution in [3.8, 4) is 0 Å². The predicted octanol–water partition coefficient (Wildman–Crippen LogP) is -0.0781. The number of amidine groups is 1. The van der Waals surface area contributed by atoms with Crippen molar-refractivity contribution in [2.45, 2.75) is 38.3 Å². The number of carbonyl (C=O) groups is 3. The van der Waals surface area contributed by atoms with E-state index >= 15 is 0 Å². The van der Waals surface area contributed by atoms with Gasteiger partial charge in [0.05, 0.1) is 12.8 Å². The third kappa shape index (κ3) is 5.59. The zero-order chi connectivity index (χ0) is 22.5. The summed E-state index contributed by atoms with van der Waals surface area (Å²) in [6.07, 6.45) is 2.70. The summed E-state index contributed by atoms with van der Waals surface area (Å²) in [6.45, 7) is 1.99. The van der Waals surface area contributed by atoms with Gasteiger partial charge in [0.2, 0.25) is 11.7 Å². The number of ether oxygens (including phenoxy) is 1. The average Bonchev–Trinajstić information content (AvgIpc) is 3.20. The average molecular weight is 451 g/mol. The first-order chi connectivity index (χ1) is 14.8. The van der Waals surface area contributed by atoms with E-state index in [1.807, 2.05) is 0 Å². The lowest BCUT2D eigenvalue weighted by Gasteiger charge is -2.35. The standard InChI is InChI=1S/C20H30N6O4S/c1-22-17(27)11-4-5-12(9-23-16(21)20(29)30-3)14(8-11)24-18(28)19-25-13-6-7-26(2)10-15(13)31-19/h11-12,14H,4-10H2,1-3H3,(H2,21,23)(H,22,27)(H,24,28)/t11-,12+,14+/m0/s1. The first-order valence-corrected chi connectivity index (χ1v) is 11.2. The Morgan fingerprint density at radius 2 is 2.13 bits per heavy atom. The van der Waals surface area contributed by atoms with Crippen LogP contribution in [-0.4, -0.2) is 73.8 Å². The monoisotopic (exact) mass is 450 g/mol. The quantitative estimate of drug-likeness (QED) is 0.324. The summed E-state index contributed by atoms with van der Waals surface area (Å²) in [5.74, 6) is -1.39. The molecular weight excluding hydrogens is 420 g/mol. The fourth-order valence-corrected chi connectivity index (χ4v) is 5.20. The second-order valence-corrected chi connectivity index (χ2v) is 9.14. The van der Waals surface area contributed by atoms with Crippen LogP contribution in [-0.2, 0) is 27.3 Å². The summed E-state index contributed by atoms with van der Waals surface area (Å²) >= 11 is 1.42. The van der Waals surface area contributed by atoms with Crippen molar-refractivity contribution in [1.29, 1.82) is 0 Å². The highest BCUT2D eigenvalue weighted by Gasteiger charge is 2.35. The van der Waals surface area contributed by atoms with Gasteiger partial charge in [0.1, 0.15) is 0 Å². The Balaban J connectivity index is 1.73. The molecule has 1 aromatic heterocycles. The van der Waals surface area contributed by atoms with E-state index in [0.717, 1.165) is 30.1 Å². The van der Waals surface area contributed by atoms with Crippen molar-refractivity contribution < 1.29 is 19.1 Å². The zero-order valence-corrected chi connectivity index (χ0v) is 19.0. The first kappa shape index (κ1) is 23.1. The van der Waals surface area contributed by atoms with Gasteiger partial charge in [-0.15, -0.1) is 11.3 Å². The molecule has 2 heterocycles. The third-order valence-electron chi connectivity index (χ3n) is 5.93. The van der Waals surface area contributed by atoms with Crippen LogP contribution in [0.25, 0.3) is 0 Å². The van der Waals surface area contributed by atoms with E-state index in [0.29, 0.717) is 24.3 Å². The molecule has 0 aromatic carbocycles. The van der Waals surface area contributed by atoms with Gasteiger partial charge in [0.25, 0.3) is 5.91 Å². The number of nitrogens with zero attached hydrogens (tertiary/aromatic N) is 3. The van der Waals surface area contributed by atoms with Crippen LogP contribution in [0.5, 0.6) is 0 Å². The second kappa shape index (κ2) is 10.2. The molecule has 1 aromatic rings. The van der Waals surface area contributed by atoms with Gasteiger partial charge in [0, 0.05) is 49.9 Å². The highest BCUT2D eigenvalue weighted by atomic mass is 32.1. The van der Waals surface area contributed by atoms with E-state index in [1.165, 1.54) is 18.4 Å². The molecule has 0 saturated heterocycles. The fraction of sp³-hybridized carbons (Fsp3) is 0.650. The number of hydrogen-bond donors (Lipinski definition) is 3. The van der Waals surface area contributed by atoms with Gasteiger partial charge in [-0.2, -0.15) is 0 Å². The van der Waals surface area contributed by atoms with E-state index < -0.39 is 5.97 Å².